The van der Waals surface area contributed by atoms with Crippen LogP contribution in [-0.2, 0) is 19.2 Å². The summed E-state index contributed by atoms with van der Waals surface area (Å²) in [6, 6.07) is 4.53. The molecule has 1 saturated carbocycles. The van der Waals surface area contributed by atoms with Crippen molar-refractivity contribution in [3.05, 3.63) is 18.2 Å². The van der Waals surface area contributed by atoms with Crippen LogP contribution in [0.2, 0.25) is 0 Å². The van der Waals surface area contributed by atoms with Crippen molar-refractivity contribution in [1.82, 2.24) is 4.90 Å². The number of hydrogen-bond acceptors (Lipinski definition) is 6. The molecule has 1 saturated heterocycles. The Morgan fingerprint density at radius 2 is 1.93 bits per heavy atom. The van der Waals surface area contributed by atoms with Gasteiger partial charge in [0, 0.05) is 10.6 Å². The van der Waals surface area contributed by atoms with Gasteiger partial charge in [-0.15, -0.1) is 11.8 Å². The van der Waals surface area contributed by atoms with Crippen LogP contribution in [0, 0.1) is 11.8 Å². The Kier molecular flexibility index (Phi) is 6.38. The van der Waals surface area contributed by atoms with Crippen molar-refractivity contribution in [1.29, 1.82) is 0 Å². The number of hydrogen-bond donors (Lipinski definition) is 2. The molecule has 3 aliphatic rings. The van der Waals surface area contributed by atoms with Gasteiger partial charge in [0.15, 0.2) is 0 Å². The molecule has 2 fully saturated rings. The Morgan fingerprint density at radius 3 is 2.60 bits per heavy atom. The number of carbonyl (C=O) groups excluding carboxylic acids is 4. The highest BCUT2D eigenvalue weighted by molar-refractivity contribution is 8.00. The Hall–Kier alpha value is -2.00. The van der Waals surface area contributed by atoms with Crippen molar-refractivity contribution in [3.8, 4) is 0 Å². The second kappa shape index (κ2) is 9.01. The van der Waals surface area contributed by atoms with Crippen LogP contribution in [0.1, 0.15) is 32.1 Å². The van der Waals surface area contributed by atoms with E-state index in [1.807, 2.05) is 12.3 Å². The molecule has 0 aromatic heterocycles. The summed E-state index contributed by atoms with van der Waals surface area (Å²) in [7, 11) is 0. The molecule has 3 unspecified atom stereocenters. The highest BCUT2D eigenvalue weighted by atomic mass is 32.2. The van der Waals surface area contributed by atoms with Crippen molar-refractivity contribution in [2.45, 2.75) is 43.0 Å². The van der Waals surface area contributed by atoms with Crippen LogP contribution in [0.5, 0.6) is 0 Å². The number of carbonyl (C=O) groups is 4. The molecule has 2 heterocycles. The SMILES string of the molecule is CSCCC(C(=O)Nc1ccc2c(c1)NC(=O)CS2)N1C(=O)C2CCCCC2C1=O. The molecule has 2 N–H and O–H groups in total. The van der Waals surface area contributed by atoms with Gasteiger partial charge in [-0.25, -0.2) is 0 Å². The van der Waals surface area contributed by atoms with Crippen LogP contribution >= 0.6 is 23.5 Å². The van der Waals surface area contributed by atoms with Crippen molar-refractivity contribution in [3.63, 3.8) is 0 Å². The molecule has 3 atom stereocenters. The van der Waals surface area contributed by atoms with Crippen molar-refractivity contribution < 1.29 is 19.2 Å². The zero-order valence-electron chi connectivity index (χ0n) is 16.8. The van der Waals surface area contributed by atoms with Crippen LogP contribution < -0.4 is 10.6 Å². The van der Waals surface area contributed by atoms with E-state index in [9.17, 15) is 19.2 Å². The normalized spacial score (nSPS) is 24.2. The van der Waals surface area contributed by atoms with Crippen LogP contribution in [-0.4, -0.2) is 52.3 Å². The zero-order valence-corrected chi connectivity index (χ0v) is 18.4. The minimum absolute atomic E-state index is 0.0790. The summed E-state index contributed by atoms with van der Waals surface area (Å²) in [4.78, 5) is 53.0. The number of thioether (sulfide) groups is 2. The maximum Gasteiger partial charge on any atom is 0.247 e. The highest BCUT2D eigenvalue weighted by Gasteiger charge is 2.51. The minimum Gasteiger partial charge on any atom is -0.324 e. The molecule has 160 valence electrons. The standard InChI is InChI=1S/C21H25N3O4S2/c1-29-9-8-16(24-20(27)13-4-2-3-5-14(13)21(24)28)19(26)22-12-6-7-17-15(10-12)23-18(25)11-30-17/h6-7,10,13-14,16H,2-5,8-9,11H2,1H3,(H,22,26)(H,23,25). The summed E-state index contributed by atoms with van der Waals surface area (Å²) in [5, 5.41) is 5.67. The topological polar surface area (TPSA) is 95.6 Å². The number of amides is 4. The molecule has 2 aliphatic heterocycles. The first kappa shape index (κ1) is 21.2. The van der Waals surface area contributed by atoms with Gasteiger partial charge >= 0.3 is 0 Å². The van der Waals surface area contributed by atoms with E-state index in [2.05, 4.69) is 10.6 Å². The number of imide groups is 1. The van der Waals surface area contributed by atoms with Crippen LogP contribution in [0.3, 0.4) is 0 Å². The molecular weight excluding hydrogens is 422 g/mol. The number of nitrogens with one attached hydrogen (secondary N) is 2. The van der Waals surface area contributed by atoms with Crippen LogP contribution in [0.15, 0.2) is 23.1 Å². The summed E-state index contributed by atoms with van der Waals surface area (Å²) in [6.07, 6.45) is 5.71. The fourth-order valence-electron chi connectivity index (χ4n) is 4.49. The van der Waals surface area contributed by atoms with Crippen molar-refractivity contribution >= 4 is 58.5 Å². The lowest BCUT2D eigenvalue weighted by atomic mass is 9.81. The fraction of sp³-hybridized carbons (Fsp3) is 0.524. The summed E-state index contributed by atoms with van der Waals surface area (Å²) >= 11 is 3.03. The third kappa shape index (κ3) is 4.09. The number of likely N-dealkylation sites (tertiary alicyclic amines) is 1. The van der Waals surface area contributed by atoms with Gasteiger partial charge in [0.25, 0.3) is 0 Å². The number of anilines is 2. The predicted molar refractivity (Wildman–Crippen MR) is 119 cm³/mol. The van der Waals surface area contributed by atoms with Gasteiger partial charge in [-0.2, -0.15) is 11.8 Å². The van der Waals surface area contributed by atoms with E-state index < -0.39 is 6.04 Å². The van der Waals surface area contributed by atoms with Gasteiger partial charge in [-0.05, 0) is 49.5 Å². The number of nitrogens with zero attached hydrogens (tertiary/aromatic N) is 1. The minimum atomic E-state index is -0.817. The Bertz CT molecular complexity index is 867. The molecular formula is C21H25N3O4S2. The molecule has 4 amide bonds. The van der Waals surface area contributed by atoms with Gasteiger partial charge in [0.2, 0.25) is 23.6 Å². The summed E-state index contributed by atoms with van der Waals surface area (Å²) in [6.45, 7) is 0. The summed E-state index contributed by atoms with van der Waals surface area (Å²) in [5.41, 5.74) is 1.20. The van der Waals surface area contributed by atoms with Crippen LogP contribution in [0.4, 0.5) is 11.4 Å². The smallest absolute Gasteiger partial charge is 0.247 e. The molecule has 30 heavy (non-hydrogen) atoms. The Labute approximate surface area is 184 Å². The maximum absolute atomic E-state index is 13.2. The predicted octanol–water partition coefficient (Wildman–Crippen LogP) is 2.97. The van der Waals surface area contributed by atoms with E-state index in [1.165, 1.54) is 16.7 Å². The lowest BCUT2D eigenvalue weighted by Gasteiger charge is -2.26. The van der Waals surface area contributed by atoms with Crippen LogP contribution in [0.25, 0.3) is 0 Å². The first-order valence-electron chi connectivity index (χ1n) is 10.2. The average molecular weight is 448 g/mol. The van der Waals surface area contributed by atoms with E-state index in [-0.39, 0.29) is 35.5 Å². The van der Waals surface area contributed by atoms with E-state index >= 15 is 0 Å². The van der Waals surface area contributed by atoms with Crippen molar-refractivity contribution in [2.75, 3.05) is 28.4 Å². The molecule has 9 heteroatoms. The lowest BCUT2D eigenvalue weighted by molar-refractivity contribution is -0.146. The van der Waals surface area contributed by atoms with Gasteiger partial charge in [0.1, 0.15) is 6.04 Å². The first-order valence-corrected chi connectivity index (χ1v) is 12.6. The number of benzene rings is 1. The van der Waals surface area contributed by atoms with E-state index in [1.54, 1.807) is 23.9 Å². The lowest BCUT2D eigenvalue weighted by Crippen LogP contribution is -2.48. The highest BCUT2D eigenvalue weighted by Crippen LogP contribution is 2.39. The second-order valence-electron chi connectivity index (χ2n) is 7.88. The average Bonchev–Trinajstić information content (AvgIpc) is 2.99. The van der Waals surface area contributed by atoms with E-state index in [0.717, 1.165) is 30.6 Å². The fourth-order valence-corrected chi connectivity index (χ4v) is 5.74. The molecule has 0 bridgehead atoms. The molecule has 7 nitrogen and oxygen atoms in total. The number of rotatable bonds is 6. The quantitative estimate of drug-likeness (QED) is 0.651. The Morgan fingerprint density at radius 1 is 1.23 bits per heavy atom. The maximum atomic E-state index is 13.2. The van der Waals surface area contributed by atoms with Gasteiger partial charge < -0.3 is 10.6 Å². The molecule has 1 aromatic carbocycles. The zero-order chi connectivity index (χ0) is 21.3. The number of fused-ring (bicyclic) bond motifs is 2. The first-order chi connectivity index (χ1) is 14.5. The Balaban J connectivity index is 1.54. The summed E-state index contributed by atoms with van der Waals surface area (Å²) in [5.74, 6) is -0.333. The molecule has 1 aromatic rings. The van der Waals surface area contributed by atoms with Gasteiger partial charge in [0.05, 0.1) is 23.3 Å². The molecule has 4 rings (SSSR count). The molecule has 1 aliphatic carbocycles. The third-order valence-corrected chi connectivity index (χ3v) is 7.68. The van der Waals surface area contributed by atoms with Gasteiger partial charge in [-0.3, -0.25) is 24.1 Å². The monoisotopic (exact) mass is 447 g/mol. The van der Waals surface area contributed by atoms with E-state index in [4.69, 9.17) is 0 Å². The van der Waals surface area contributed by atoms with Gasteiger partial charge in [-0.1, -0.05) is 12.8 Å². The second-order valence-corrected chi connectivity index (χ2v) is 9.88. The van der Waals surface area contributed by atoms with E-state index in [0.29, 0.717) is 29.3 Å². The molecule has 0 radical (unpaired) electrons. The largest absolute Gasteiger partial charge is 0.324 e. The third-order valence-electron chi connectivity index (χ3n) is 5.96. The molecule has 0 spiro atoms. The van der Waals surface area contributed by atoms with Crippen molar-refractivity contribution in [2.24, 2.45) is 11.8 Å². The summed E-state index contributed by atoms with van der Waals surface area (Å²) < 4.78 is 0.